The van der Waals surface area contributed by atoms with Crippen molar-refractivity contribution in [2.24, 2.45) is 0 Å². The summed E-state index contributed by atoms with van der Waals surface area (Å²) in [6, 6.07) is 19.1. The van der Waals surface area contributed by atoms with Crippen LogP contribution >= 0.6 is 11.6 Å². The van der Waals surface area contributed by atoms with Crippen LogP contribution in [0.25, 0.3) is 0 Å². The van der Waals surface area contributed by atoms with E-state index in [-0.39, 0.29) is 10.9 Å². The van der Waals surface area contributed by atoms with Crippen LogP contribution < -0.4 is 14.4 Å². The number of benzene rings is 3. The number of ether oxygens (including phenoxy) is 1. The molecule has 6 nitrogen and oxygen atoms in total. The van der Waals surface area contributed by atoms with Crippen molar-refractivity contribution in [3.63, 3.8) is 0 Å². The van der Waals surface area contributed by atoms with Crippen molar-refractivity contribution < 1.29 is 18.3 Å². The third-order valence-corrected chi connectivity index (χ3v) is 8.28. The molecule has 0 bridgehead atoms. The van der Waals surface area contributed by atoms with Crippen molar-refractivity contribution in [2.75, 3.05) is 4.90 Å². The van der Waals surface area contributed by atoms with Gasteiger partial charge in [0.15, 0.2) is 11.5 Å². The second-order valence-corrected chi connectivity index (χ2v) is 10.7. The van der Waals surface area contributed by atoms with Crippen LogP contribution in [0.1, 0.15) is 24.8 Å². The van der Waals surface area contributed by atoms with Crippen molar-refractivity contribution >= 4 is 33.0 Å². The van der Waals surface area contributed by atoms with Crippen LogP contribution in [-0.4, -0.2) is 31.7 Å². The normalized spacial score (nSPS) is 22.3. The average molecular weight is 485 g/mol. The van der Waals surface area contributed by atoms with Gasteiger partial charge in [0.05, 0.1) is 34.5 Å². The van der Waals surface area contributed by atoms with Gasteiger partial charge in [-0.1, -0.05) is 41.9 Å². The fourth-order valence-electron chi connectivity index (χ4n) is 4.67. The first kappa shape index (κ1) is 22.2. The molecule has 1 heterocycles. The van der Waals surface area contributed by atoms with Crippen molar-refractivity contribution in [3.05, 3.63) is 77.3 Å². The summed E-state index contributed by atoms with van der Waals surface area (Å²) in [4.78, 5) is 2.18. The number of aryl methyl sites for hydroxylation is 1. The number of para-hydroxylation sites is 4. The predicted molar refractivity (Wildman–Crippen MR) is 129 cm³/mol. The molecule has 3 atom stereocenters. The summed E-state index contributed by atoms with van der Waals surface area (Å²) < 4.78 is 35.0. The second-order valence-electron chi connectivity index (χ2n) is 8.54. The number of hydrogen-bond donors (Lipinski definition) is 2. The molecule has 5 rings (SSSR count). The zero-order valence-corrected chi connectivity index (χ0v) is 19.7. The van der Waals surface area contributed by atoms with Crippen molar-refractivity contribution in [3.8, 4) is 11.5 Å². The van der Waals surface area contributed by atoms with Crippen LogP contribution in [0, 0.1) is 6.92 Å². The van der Waals surface area contributed by atoms with E-state index in [1.807, 2.05) is 55.5 Å². The molecule has 0 radical (unpaired) electrons. The van der Waals surface area contributed by atoms with Gasteiger partial charge in [0.25, 0.3) is 0 Å². The largest absolute Gasteiger partial charge is 0.453 e. The van der Waals surface area contributed by atoms with E-state index in [0.29, 0.717) is 22.9 Å². The van der Waals surface area contributed by atoms with Gasteiger partial charge in [0, 0.05) is 5.02 Å². The highest BCUT2D eigenvalue weighted by atomic mass is 35.5. The van der Waals surface area contributed by atoms with E-state index in [9.17, 15) is 13.5 Å². The summed E-state index contributed by atoms with van der Waals surface area (Å²) in [5.74, 6) is 1.42. The number of fused-ring (bicyclic) bond motifs is 2. The Balaban J connectivity index is 1.46. The maximum atomic E-state index is 13.1. The van der Waals surface area contributed by atoms with Gasteiger partial charge in [-0.3, -0.25) is 0 Å². The molecule has 3 aromatic rings. The Morgan fingerprint density at radius 3 is 2.27 bits per heavy atom. The van der Waals surface area contributed by atoms with Crippen LogP contribution in [0.2, 0.25) is 5.02 Å². The summed E-state index contributed by atoms with van der Waals surface area (Å²) >= 11 is 6.15. The maximum Gasteiger partial charge on any atom is 0.240 e. The van der Waals surface area contributed by atoms with E-state index in [1.165, 1.54) is 12.1 Å². The standard InChI is InChI=1S/C25H25ClN2O4S/c1-16-13-14-17(15-18(16)26)33(30,31)27-19-7-6-10-22(25(19)29)28-20-8-2-4-11-23(20)32-24-12-5-3-9-21(24)28/h2-5,8-9,11-15,19,22,25,27,29H,6-7,10H2,1H3/t19-,22+,25+/m1/s1. The minimum Gasteiger partial charge on any atom is -0.453 e. The number of nitrogens with zero attached hydrogens (tertiary/aromatic N) is 1. The number of anilines is 2. The fraction of sp³-hybridized carbons (Fsp3) is 0.280. The second kappa shape index (κ2) is 8.65. The highest BCUT2D eigenvalue weighted by Crippen LogP contribution is 2.49. The van der Waals surface area contributed by atoms with E-state index in [2.05, 4.69) is 9.62 Å². The minimum absolute atomic E-state index is 0.0921. The summed E-state index contributed by atoms with van der Waals surface area (Å²) in [5, 5.41) is 11.8. The van der Waals surface area contributed by atoms with Gasteiger partial charge in [-0.25, -0.2) is 13.1 Å². The molecule has 0 unspecified atom stereocenters. The van der Waals surface area contributed by atoms with Crippen LogP contribution in [0.3, 0.4) is 0 Å². The van der Waals surface area contributed by atoms with Gasteiger partial charge in [-0.15, -0.1) is 0 Å². The van der Waals surface area contributed by atoms with E-state index in [1.54, 1.807) is 6.07 Å². The molecule has 1 saturated carbocycles. The first-order chi connectivity index (χ1) is 15.8. The Kier molecular flexibility index (Phi) is 5.82. The fourth-order valence-corrected chi connectivity index (χ4v) is 6.22. The summed E-state index contributed by atoms with van der Waals surface area (Å²) in [6.45, 7) is 1.82. The van der Waals surface area contributed by atoms with Gasteiger partial charge in [0.1, 0.15) is 0 Å². The van der Waals surface area contributed by atoms with Crippen LogP contribution in [-0.2, 0) is 10.0 Å². The zero-order valence-electron chi connectivity index (χ0n) is 18.1. The highest BCUT2D eigenvalue weighted by molar-refractivity contribution is 7.89. The molecule has 33 heavy (non-hydrogen) atoms. The lowest BCUT2D eigenvalue weighted by atomic mass is 9.86. The molecular weight excluding hydrogens is 460 g/mol. The molecule has 0 saturated heterocycles. The lowest BCUT2D eigenvalue weighted by Crippen LogP contribution is -2.56. The first-order valence-corrected chi connectivity index (χ1v) is 12.8. The van der Waals surface area contributed by atoms with Gasteiger partial charge in [-0.05, 0) is 68.1 Å². The quantitative estimate of drug-likeness (QED) is 0.535. The Labute approximate surface area is 198 Å². The van der Waals surface area contributed by atoms with Gasteiger partial charge < -0.3 is 14.7 Å². The Bertz CT molecular complexity index is 1250. The molecule has 2 N–H and O–H groups in total. The van der Waals surface area contributed by atoms with Crippen molar-refractivity contribution in [1.82, 2.24) is 4.72 Å². The summed E-state index contributed by atoms with van der Waals surface area (Å²) in [5.41, 5.74) is 2.51. The third-order valence-electron chi connectivity index (χ3n) is 6.38. The number of aliphatic hydroxyl groups excluding tert-OH is 1. The highest BCUT2D eigenvalue weighted by Gasteiger charge is 2.41. The molecule has 172 valence electrons. The molecule has 3 aromatic carbocycles. The third kappa shape index (κ3) is 4.10. The number of sulfonamides is 1. The Hall–Kier alpha value is -2.58. The molecular formula is C25H25ClN2O4S. The lowest BCUT2D eigenvalue weighted by Gasteiger charge is -2.44. The molecule has 2 aliphatic rings. The van der Waals surface area contributed by atoms with Gasteiger partial charge in [-0.2, -0.15) is 0 Å². The molecule has 1 aliphatic carbocycles. The van der Waals surface area contributed by atoms with Crippen LogP contribution in [0.5, 0.6) is 11.5 Å². The molecule has 8 heteroatoms. The van der Waals surface area contributed by atoms with Crippen molar-refractivity contribution in [2.45, 2.75) is 49.3 Å². The van der Waals surface area contributed by atoms with Crippen molar-refractivity contribution in [1.29, 1.82) is 0 Å². The summed E-state index contributed by atoms with van der Waals surface area (Å²) in [7, 11) is -3.84. The van der Waals surface area contributed by atoms with E-state index in [4.69, 9.17) is 16.3 Å². The number of hydrogen-bond acceptors (Lipinski definition) is 5. The minimum atomic E-state index is -3.84. The number of nitrogens with one attached hydrogen (secondary N) is 1. The molecule has 1 fully saturated rings. The van der Waals surface area contributed by atoms with Crippen LogP contribution in [0.4, 0.5) is 11.4 Å². The number of aliphatic hydroxyl groups is 1. The van der Waals surface area contributed by atoms with Crippen LogP contribution in [0.15, 0.2) is 71.6 Å². The molecule has 0 amide bonds. The zero-order chi connectivity index (χ0) is 23.2. The average Bonchev–Trinajstić information content (AvgIpc) is 2.81. The van der Waals surface area contributed by atoms with Gasteiger partial charge in [0.2, 0.25) is 10.0 Å². The molecule has 0 spiro atoms. The number of rotatable bonds is 4. The van der Waals surface area contributed by atoms with Gasteiger partial charge >= 0.3 is 0 Å². The Morgan fingerprint density at radius 2 is 1.64 bits per heavy atom. The SMILES string of the molecule is Cc1ccc(S(=O)(=O)N[C@@H]2CCC[C@H](N3c4ccccc4Oc4ccccc43)[C@H]2O)cc1Cl. The first-order valence-electron chi connectivity index (χ1n) is 11.0. The molecule has 1 aliphatic heterocycles. The maximum absolute atomic E-state index is 13.1. The van der Waals surface area contributed by atoms with E-state index < -0.39 is 22.2 Å². The van der Waals surface area contributed by atoms with E-state index >= 15 is 0 Å². The smallest absolute Gasteiger partial charge is 0.240 e. The Morgan fingerprint density at radius 1 is 1.00 bits per heavy atom. The predicted octanol–water partition coefficient (Wildman–Crippen LogP) is 5.15. The number of halogens is 1. The summed E-state index contributed by atoms with van der Waals surface area (Å²) in [6.07, 6.45) is 1.11. The lowest BCUT2D eigenvalue weighted by molar-refractivity contribution is 0.0807. The monoisotopic (exact) mass is 484 g/mol. The molecule has 0 aromatic heterocycles. The topological polar surface area (TPSA) is 78.9 Å². The van der Waals surface area contributed by atoms with E-state index in [0.717, 1.165) is 29.8 Å².